The first-order valence-electron chi connectivity index (χ1n) is 2.64. The molecule has 0 bridgehead atoms. The van der Waals surface area contributed by atoms with Crippen LogP contribution in [0.25, 0.3) is 0 Å². The number of nitrogens with two attached hydrogens (primary N) is 1. The molecule has 10 heavy (non-hydrogen) atoms. The molecule has 0 saturated heterocycles. The van der Waals surface area contributed by atoms with E-state index in [1.165, 1.54) is 17.9 Å². The summed E-state index contributed by atoms with van der Waals surface area (Å²) in [6.07, 6.45) is 1.54. The predicted molar refractivity (Wildman–Crippen MR) is 40.8 cm³/mol. The van der Waals surface area contributed by atoms with Crippen molar-refractivity contribution >= 4 is 23.3 Å². The van der Waals surface area contributed by atoms with Crippen LogP contribution in [0.4, 0.5) is 0 Å². The lowest BCUT2D eigenvalue weighted by Crippen LogP contribution is -2.02. The number of hydrogen-bond donors (Lipinski definition) is 1. The fourth-order valence-electron chi connectivity index (χ4n) is 0.404. The molecule has 0 spiro atoms. The van der Waals surface area contributed by atoms with Crippen LogP contribution < -0.4 is 5.90 Å². The van der Waals surface area contributed by atoms with Gasteiger partial charge in [0.2, 0.25) is 0 Å². The molecule has 56 valence electrons. The Morgan fingerprint density at radius 3 is 3.30 bits per heavy atom. The summed E-state index contributed by atoms with van der Waals surface area (Å²) in [6.45, 7) is 0.546. The third-order valence-electron chi connectivity index (χ3n) is 0.768. The first-order valence-corrected chi connectivity index (χ1v) is 4.40. The molecule has 0 aliphatic rings. The summed E-state index contributed by atoms with van der Waals surface area (Å²) in [5.74, 6) is 5.65. The summed E-state index contributed by atoms with van der Waals surface area (Å²) >= 11 is 2.97. The molecule has 0 saturated carbocycles. The van der Waals surface area contributed by atoms with Gasteiger partial charge in [-0.25, -0.2) is 10.9 Å². The number of aromatic nitrogens is 2. The van der Waals surface area contributed by atoms with E-state index in [0.29, 0.717) is 6.61 Å². The fourth-order valence-corrected chi connectivity index (χ4v) is 1.75. The number of nitrogens with zero attached hydrogens (tertiary/aromatic N) is 2. The summed E-state index contributed by atoms with van der Waals surface area (Å²) in [5, 5.41) is 0. The maximum atomic E-state index is 4.82. The lowest BCUT2D eigenvalue weighted by Gasteiger charge is -1.92. The quantitative estimate of drug-likeness (QED) is 0.413. The van der Waals surface area contributed by atoms with E-state index in [4.69, 9.17) is 5.90 Å². The van der Waals surface area contributed by atoms with E-state index < -0.39 is 0 Å². The van der Waals surface area contributed by atoms with Gasteiger partial charge in [-0.05, 0) is 11.5 Å². The van der Waals surface area contributed by atoms with Crippen molar-refractivity contribution in [1.82, 2.24) is 9.36 Å². The number of thioether (sulfide) groups is 1. The van der Waals surface area contributed by atoms with Gasteiger partial charge in [-0.2, -0.15) is 4.37 Å². The highest BCUT2D eigenvalue weighted by Gasteiger charge is 1.95. The van der Waals surface area contributed by atoms with Crippen LogP contribution in [0.5, 0.6) is 0 Å². The Hall–Kier alpha value is -0.170. The Bertz CT molecular complexity index is 167. The molecule has 1 aromatic rings. The minimum Gasteiger partial charge on any atom is -0.304 e. The molecule has 0 atom stereocenters. The Morgan fingerprint density at radius 2 is 2.70 bits per heavy atom. The molecule has 4 nitrogen and oxygen atoms in total. The number of rotatable bonds is 4. The van der Waals surface area contributed by atoms with Crippen molar-refractivity contribution in [1.29, 1.82) is 0 Å². The van der Waals surface area contributed by atoms with Crippen LogP contribution in [-0.4, -0.2) is 21.7 Å². The smallest absolute Gasteiger partial charge is 0.169 e. The molecule has 0 aliphatic carbocycles. The first-order chi connectivity index (χ1) is 4.93. The highest BCUT2D eigenvalue weighted by Crippen LogP contribution is 2.16. The van der Waals surface area contributed by atoms with Crippen LogP contribution in [0.3, 0.4) is 0 Å². The van der Waals surface area contributed by atoms with Crippen molar-refractivity contribution in [3.8, 4) is 0 Å². The molecule has 0 aliphatic heterocycles. The zero-order valence-corrected chi connectivity index (χ0v) is 6.82. The van der Waals surface area contributed by atoms with Crippen LogP contribution >= 0.6 is 23.3 Å². The van der Waals surface area contributed by atoms with Crippen LogP contribution in [-0.2, 0) is 4.84 Å². The van der Waals surface area contributed by atoms with Crippen molar-refractivity contribution in [3.63, 3.8) is 0 Å². The van der Waals surface area contributed by atoms with Gasteiger partial charge in [-0.3, -0.25) is 0 Å². The third kappa shape index (κ3) is 2.61. The zero-order valence-electron chi connectivity index (χ0n) is 5.19. The molecule has 1 rings (SSSR count). The third-order valence-corrected chi connectivity index (χ3v) is 2.53. The Morgan fingerprint density at radius 1 is 1.80 bits per heavy atom. The zero-order chi connectivity index (χ0) is 7.23. The largest absolute Gasteiger partial charge is 0.304 e. The molecular formula is C4H7N3OS2. The average Bonchev–Trinajstić information content (AvgIpc) is 2.41. The second-order valence-electron chi connectivity index (χ2n) is 1.43. The topological polar surface area (TPSA) is 61.0 Å². The van der Waals surface area contributed by atoms with E-state index in [1.54, 1.807) is 11.8 Å². The van der Waals surface area contributed by atoms with E-state index in [9.17, 15) is 0 Å². The molecule has 1 aromatic heterocycles. The molecule has 0 radical (unpaired) electrons. The maximum Gasteiger partial charge on any atom is 0.169 e. The van der Waals surface area contributed by atoms with E-state index >= 15 is 0 Å². The van der Waals surface area contributed by atoms with Crippen molar-refractivity contribution < 1.29 is 4.84 Å². The summed E-state index contributed by atoms with van der Waals surface area (Å²) in [7, 11) is 0. The Balaban J connectivity index is 2.15. The molecule has 2 N–H and O–H groups in total. The molecule has 0 aromatic carbocycles. The van der Waals surface area contributed by atoms with Crippen LogP contribution in [0.2, 0.25) is 0 Å². The Kier molecular flexibility index (Phi) is 3.66. The molecule has 0 fully saturated rings. The van der Waals surface area contributed by atoms with Crippen molar-refractivity contribution in [2.75, 3.05) is 12.4 Å². The van der Waals surface area contributed by atoms with E-state index in [1.807, 2.05) is 0 Å². The van der Waals surface area contributed by atoms with E-state index in [2.05, 4.69) is 14.2 Å². The predicted octanol–water partition coefficient (Wildman–Crippen LogP) is 0.521. The van der Waals surface area contributed by atoms with Crippen LogP contribution in [0, 0.1) is 0 Å². The van der Waals surface area contributed by atoms with Crippen LogP contribution in [0.1, 0.15) is 0 Å². The van der Waals surface area contributed by atoms with Gasteiger partial charge < -0.3 is 4.84 Å². The van der Waals surface area contributed by atoms with Gasteiger partial charge in [-0.15, -0.1) is 0 Å². The molecule has 6 heteroatoms. The minimum atomic E-state index is 0.546. The highest BCUT2D eigenvalue weighted by molar-refractivity contribution is 8.00. The van der Waals surface area contributed by atoms with Gasteiger partial charge in [0, 0.05) is 5.75 Å². The molecular weight excluding hydrogens is 170 g/mol. The summed E-state index contributed by atoms with van der Waals surface area (Å²) in [6, 6.07) is 0. The molecule has 1 heterocycles. The van der Waals surface area contributed by atoms with E-state index in [0.717, 1.165) is 10.1 Å². The Labute approximate surface area is 66.9 Å². The lowest BCUT2D eigenvalue weighted by molar-refractivity contribution is 0.155. The van der Waals surface area contributed by atoms with Crippen molar-refractivity contribution in [2.45, 2.75) is 4.34 Å². The minimum absolute atomic E-state index is 0.546. The van der Waals surface area contributed by atoms with Gasteiger partial charge in [-0.1, -0.05) is 11.8 Å². The van der Waals surface area contributed by atoms with Crippen molar-refractivity contribution in [3.05, 3.63) is 6.33 Å². The second kappa shape index (κ2) is 4.62. The maximum absolute atomic E-state index is 4.82. The average molecular weight is 177 g/mol. The highest BCUT2D eigenvalue weighted by atomic mass is 32.2. The first kappa shape index (κ1) is 7.93. The molecule has 0 amide bonds. The molecule has 0 unspecified atom stereocenters. The van der Waals surface area contributed by atoms with Crippen LogP contribution in [0.15, 0.2) is 10.7 Å². The van der Waals surface area contributed by atoms with Gasteiger partial charge in [0.25, 0.3) is 0 Å². The van der Waals surface area contributed by atoms with Gasteiger partial charge in [0.15, 0.2) is 4.34 Å². The lowest BCUT2D eigenvalue weighted by atomic mass is 10.9. The van der Waals surface area contributed by atoms with Gasteiger partial charge in [0.05, 0.1) is 6.61 Å². The second-order valence-corrected chi connectivity index (χ2v) is 3.55. The summed E-state index contributed by atoms with van der Waals surface area (Å²) < 4.78 is 4.79. The normalized spacial score (nSPS) is 10.1. The van der Waals surface area contributed by atoms with Gasteiger partial charge in [0.1, 0.15) is 6.33 Å². The van der Waals surface area contributed by atoms with E-state index in [-0.39, 0.29) is 0 Å². The van der Waals surface area contributed by atoms with Crippen molar-refractivity contribution in [2.24, 2.45) is 5.90 Å². The number of hydrogen-bond acceptors (Lipinski definition) is 6. The SMILES string of the molecule is NOCCSc1ncns1. The van der Waals surface area contributed by atoms with Gasteiger partial charge >= 0.3 is 0 Å². The fraction of sp³-hybridized carbons (Fsp3) is 0.500. The summed E-state index contributed by atoms with van der Waals surface area (Å²) in [5.41, 5.74) is 0. The summed E-state index contributed by atoms with van der Waals surface area (Å²) in [4.78, 5) is 8.34. The standard InChI is InChI=1S/C4H7N3OS2/c5-8-1-2-9-4-6-3-7-10-4/h3H,1-2,5H2. The monoisotopic (exact) mass is 177 g/mol.